The predicted molar refractivity (Wildman–Crippen MR) is 95.7 cm³/mol. The molecule has 0 aliphatic rings. The summed E-state index contributed by atoms with van der Waals surface area (Å²) in [6, 6.07) is -2.93. The summed E-state index contributed by atoms with van der Waals surface area (Å²) in [6.07, 6.45) is 2.21. The van der Waals surface area contributed by atoms with Crippen molar-refractivity contribution in [1.82, 2.24) is 10.6 Å². The van der Waals surface area contributed by atoms with E-state index in [1.54, 1.807) is 13.8 Å². The SMILES string of the molecule is CSCCC(NC(=O)C(N)CCC(N)=O)C(=O)NC(C(=O)O)C(C)C. The monoisotopic (exact) mass is 376 g/mol. The highest BCUT2D eigenvalue weighted by Crippen LogP contribution is 2.06. The number of hydrogen-bond donors (Lipinski definition) is 5. The minimum atomic E-state index is -1.14. The fourth-order valence-electron chi connectivity index (χ4n) is 1.98. The number of carboxylic acid groups (broad SMARTS) is 1. The van der Waals surface area contributed by atoms with Crippen LogP contribution < -0.4 is 22.1 Å². The molecule has 0 saturated heterocycles. The maximum absolute atomic E-state index is 12.4. The second kappa shape index (κ2) is 11.7. The van der Waals surface area contributed by atoms with Crippen LogP contribution in [-0.4, -0.2) is 58.9 Å². The van der Waals surface area contributed by atoms with Gasteiger partial charge in [0.05, 0.1) is 6.04 Å². The Balaban J connectivity index is 4.92. The molecule has 0 fully saturated rings. The molecule has 9 nitrogen and oxygen atoms in total. The average Bonchev–Trinajstić information content (AvgIpc) is 2.52. The van der Waals surface area contributed by atoms with E-state index >= 15 is 0 Å². The highest BCUT2D eigenvalue weighted by molar-refractivity contribution is 7.98. The van der Waals surface area contributed by atoms with Gasteiger partial charge in [0.15, 0.2) is 0 Å². The molecule has 0 aromatic heterocycles. The quantitative estimate of drug-likeness (QED) is 0.293. The molecule has 3 unspecified atom stereocenters. The second-order valence-corrected chi connectivity index (χ2v) is 7.01. The number of carboxylic acids is 1. The molecule has 0 aromatic rings. The molecule has 0 aliphatic carbocycles. The van der Waals surface area contributed by atoms with Gasteiger partial charge in [-0.3, -0.25) is 14.4 Å². The summed E-state index contributed by atoms with van der Waals surface area (Å²) in [5.74, 6) is -2.59. The molecule has 3 atom stereocenters. The van der Waals surface area contributed by atoms with E-state index in [0.29, 0.717) is 12.2 Å². The van der Waals surface area contributed by atoms with E-state index in [4.69, 9.17) is 11.5 Å². The maximum atomic E-state index is 12.4. The topological polar surface area (TPSA) is 165 Å². The van der Waals surface area contributed by atoms with E-state index < -0.39 is 41.8 Å². The number of rotatable bonds is 12. The lowest BCUT2D eigenvalue weighted by atomic mass is 10.0. The molecule has 0 aromatic carbocycles. The van der Waals surface area contributed by atoms with Crippen LogP contribution in [0, 0.1) is 5.92 Å². The molecule has 0 rings (SSSR count). The lowest BCUT2D eigenvalue weighted by molar-refractivity contribution is -0.143. The number of aliphatic carboxylic acids is 1. The molecular formula is C15H28N4O5S. The molecule has 144 valence electrons. The molecule has 25 heavy (non-hydrogen) atoms. The van der Waals surface area contributed by atoms with Crippen molar-refractivity contribution in [2.24, 2.45) is 17.4 Å². The number of thioether (sulfide) groups is 1. The third-order valence-corrected chi connectivity index (χ3v) is 4.16. The van der Waals surface area contributed by atoms with Crippen molar-refractivity contribution in [1.29, 1.82) is 0 Å². The predicted octanol–water partition coefficient (Wildman–Crippen LogP) is -0.957. The smallest absolute Gasteiger partial charge is 0.326 e. The zero-order valence-corrected chi connectivity index (χ0v) is 15.6. The summed E-state index contributed by atoms with van der Waals surface area (Å²) in [5.41, 5.74) is 10.7. The first-order chi connectivity index (χ1) is 11.6. The Bertz CT molecular complexity index is 487. The number of nitrogens with one attached hydrogen (secondary N) is 2. The molecule has 0 spiro atoms. The maximum Gasteiger partial charge on any atom is 0.326 e. The molecule has 0 heterocycles. The Morgan fingerprint density at radius 3 is 2.12 bits per heavy atom. The number of primary amides is 1. The largest absolute Gasteiger partial charge is 0.480 e. The van der Waals surface area contributed by atoms with E-state index in [2.05, 4.69) is 10.6 Å². The van der Waals surface area contributed by atoms with E-state index in [1.165, 1.54) is 11.8 Å². The lowest BCUT2D eigenvalue weighted by Gasteiger charge is -2.24. The van der Waals surface area contributed by atoms with Crippen LogP contribution in [0.2, 0.25) is 0 Å². The highest BCUT2D eigenvalue weighted by Gasteiger charge is 2.29. The number of carbonyl (C=O) groups is 4. The van der Waals surface area contributed by atoms with Crippen LogP contribution in [-0.2, 0) is 19.2 Å². The van der Waals surface area contributed by atoms with Crippen LogP contribution >= 0.6 is 11.8 Å². The summed E-state index contributed by atoms with van der Waals surface area (Å²) in [7, 11) is 0. The van der Waals surface area contributed by atoms with Crippen molar-refractivity contribution in [3.63, 3.8) is 0 Å². The summed E-state index contributed by atoms with van der Waals surface area (Å²) in [6.45, 7) is 3.35. The first kappa shape index (κ1) is 23.2. The van der Waals surface area contributed by atoms with Crippen molar-refractivity contribution in [3.8, 4) is 0 Å². The standard InChI is InChI=1S/C15H28N4O5S/c1-8(2)12(15(23)24)19-14(22)10(6-7-25-3)18-13(21)9(16)4-5-11(17)20/h8-10,12H,4-7,16H2,1-3H3,(H2,17,20)(H,18,21)(H,19,22)(H,23,24). The lowest BCUT2D eigenvalue weighted by Crippen LogP contribution is -2.55. The van der Waals surface area contributed by atoms with Gasteiger partial charge in [-0.05, 0) is 30.8 Å². The van der Waals surface area contributed by atoms with Gasteiger partial charge in [-0.25, -0.2) is 4.79 Å². The van der Waals surface area contributed by atoms with Crippen molar-refractivity contribution in [3.05, 3.63) is 0 Å². The van der Waals surface area contributed by atoms with Gasteiger partial charge < -0.3 is 27.2 Å². The number of nitrogens with two attached hydrogens (primary N) is 2. The molecule has 0 saturated carbocycles. The zero-order valence-electron chi connectivity index (χ0n) is 14.8. The average molecular weight is 376 g/mol. The molecular weight excluding hydrogens is 348 g/mol. The fraction of sp³-hybridized carbons (Fsp3) is 0.733. The van der Waals surface area contributed by atoms with Gasteiger partial charge >= 0.3 is 5.97 Å². The zero-order chi connectivity index (χ0) is 19.6. The van der Waals surface area contributed by atoms with Gasteiger partial charge in [-0.2, -0.15) is 11.8 Å². The number of hydrogen-bond acceptors (Lipinski definition) is 6. The molecule has 0 aliphatic heterocycles. The summed E-state index contributed by atoms with van der Waals surface area (Å²) >= 11 is 1.49. The van der Waals surface area contributed by atoms with Crippen LogP contribution in [0.15, 0.2) is 0 Å². The first-order valence-corrected chi connectivity index (χ1v) is 9.35. The van der Waals surface area contributed by atoms with Crippen molar-refractivity contribution in [2.75, 3.05) is 12.0 Å². The van der Waals surface area contributed by atoms with E-state index in [0.717, 1.165) is 0 Å². The number of amides is 3. The van der Waals surface area contributed by atoms with Crippen LogP contribution in [0.3, 0.4) is 0 Å². The molecule has 0 radical (unpaired) electrons. The van der Waals surface area contributed by atoms with Crippen LogP contribution in [0.1, 0.15) is 33.1 Å². The molecule has 0 bridgehead atoms. The normalized spacial score (nSPS) is 14.4. The molecule has 10 heteroatoms. The van der Waals surface area contributed by atoms with Gasteiger partial charge in [0.25, 0.3) is 0 Å². The van der Waals surface area contributed by atoms with E-state index in [1.807, 2.05) is 6.26 Å². The minimum Gasteiger partial charge on any atom is -0.480 e. The van der Waals surface area contributed by atoms with Crippen LogP contribution in [0.4, 0.5) is 0 Å². The van der Waals surface area contributed by atoms with Gasteiger partial charge in [-0.15, -0.1) is 0 Å². The first-order valence-electron chi connectivity index (χ1n) is 7.96. The van der Waals surface area contributed by atoms with Crippen LogP contribution in [0.25, 0.3) is 0 Å². The van der Waals surface area contributed by atoms with E-state index in [-0.39, 0.29) is 18.8 Å². The van der Waals surface area contributed by atoms with Crippen molar-refractivity contribution >= 4 is 35.5 Å². The van der Waals surface area contributed by atoms with Gasteiger partial charge in [0.1, 0.15) is 12.1 Å². The summed E-state index contributed by atoms with van der Waals surface area (Å²) in [5, 5.41) is 14.1. The van der Waals surface area contributed by atoms with Crippen molar-refractivity contribution in [2.45, 2.75) is 51.2 Å². The Labute approximate surface area is 151 Å². The Morgan fingerprint density at radius 1 is 1.08 bits per heavy atom. The minimum absolute atomic E-state index is 0.0370. The molecule has 3 amide bonds. The summed E-state index contributed by atoms with van der Waals surface area (Å²) < 4.78 is 0. The van der Waals surface area contributed by atoms with Gasteiger partial charge in [-0.1, -0.05) is 13.8 Å². The highest BCUT2D eigenvalue weighted by atomic mass is 32.2. The van der Waals surface area contributed by atoms with Crippen LogP contribution in [0.5, 0.6) is 0 Å². The third kappa shape index (κ3) is 9.30. The van der Waals surface area contributed by atoms with Crippen molar-refractivity contribution < 1.29 is 24.3 Å². The third-order valence-electron chi connectivity index (χ3n) is 3.51. The molecule has 7 N–H and O–H groups in total. The Hall–Kier alpha value is -1.81. The summed E-state index contributed by atoms with van der Waals surface area (Å²) in [4.78, 5) is 46.5. The Morgan fingerprint density at radius 2 is 1.68 bits per heavy atom. The van der Waals surface area contributed by atoms with Gasteiger partial charge in [0, 0.05) is 6.42 Å². The fourth-order valence-corrected chi connectivity index (χ4v) is 2.45. The Kier molecular flexibility index (Phi) is 10.8. The van der Waals surface area contributed by atoms with Gasteiger partial charge in [0.2, 0.25) is 17.7 Å². The number of carbonyl (C=O) groups excluding carboxylic acids is 3. The second-order valence-electron chi connectivity index (χ2n) is 6.02. The van der Waals surface area contributed by atoms with E-state index in [9.17, 15) is 24.3 Å².